The maximum absolute atomic E-state index is 11.7. The van der Waals surface area contributed by atoms with Gasteiger partial charge in [-0.1, -0.05) is 0 Å². The van der Waals surface area contributed by atoms with E-state index in [1.807, 2.05) is 6.92 Å². The van der Waals surface area contributed by atoms with Crippen molar-refractivity contribution >= 4 is 17.6 Å². The summed E-state index contributed by atoms with van der Waals surface area (Å²) in [5, 5.41) is 8.74. The van der Waals surface area contributed by atoms with Crippen LogP contribution >= 0.6 is 0 Å². The molecule has 0 unspecified atom stereocenters. The van der Waals surface area contributed by atoms with Crippen molar-refractivity contribution in [3.63, 3.8) is 0 Å². The molecule has 1 aromatic rings. The van der Waals surface area contributed by atoms with E-state index in [0.29, 0.717) is 6.54 Å². The minimum absolute atomic E-state index is 0.00555. The van der Waals surface area contributed by atoms with Gasteiger partial charge in [0.2, 0.25) is 5.91 Å². The van der Waals surface area contributed by atoms with Gasteiger partial charge in [0.25, 0.3) is 5.91 Å². The van der Waals surface area contributed by atoms with Crippen LogP contribution in [-0.2, 0) is 4.79 Å². The van der Waals surface area contributed by atoms with Crippen LogP contribution in [0.25, 0.3) is 0 Å². The van der Waals surface area contributed by atoms with E-state index in [9.17, 15) is 9.59 Å². The van der Waals surface area contributed by atoms with Gasteiger partial charge in [-0.3, -0.25) is 14.7 Å². The fourth-order valence-electron chi connectivity index (χ4n) is 1.19. The second-order valence-corrected chi connectivity index (χ2v) is 3.32. The summed E-state index contributed by atoms with van der Waals surface area (Å²) >= 11 is 0. The molecule has 16 heavy (non-hydrogen) atoms. The van der Waals surface area contributed by atoms with Crippen molar-refractivity contribution in [1.29, 1.82) is 0 Å². The lowest BCUT2D eigenvalue weighted by Crippen LogP contribution is -2.38. The number of nitrogens with zero attached hydrogens (tertiary/aromatic N) is 2. The van der Waals surface area contributed by atoms with Gasteiger partial charge in [-0.05, 0) is 6.92 Å². The third-order valence-electron chi connectivity index (χ3n) is 1.93. The molecule has 2 amide bonds. The van der Waals surface area contributed by atoms with Gasteiger partial charge in [0, 0.05) is 19.7 Å². The number of likely N-dealkylation sites (N-methyl/N-ethyl adjacent to an activating group) is 2. The number of amides is 2. The van der Waals surface area contributed by atoms with Gasteiger partial charge < -0.3 is 16.0 Å². The molecule has 7 heteroatoms. The topological polar surface area (TPSA) is 104 Å². The summed E-state index contributed by atoms with van der Waals surface area (Å²) in [5.41, 5.74) is 5.64. The maximum atomic E-state index is 11.7. The molecule has 0 atom stereocenters. The average molecular weight is 225 g/mol. The van der Waals surface area contributed by atoms with Crippen LogP contribution in [0.3, 0.4) is 0 Å². The van der Waals surface area contributed by atoms with E-state index in [0.717, 1.165) is 0 Å². The van der Waals surface area contributed by atoms with Crippen molar-refractivity contribution in [1.82, 2.24) is 20.4 Å². The number of nitrogens with two attached hydrogens (primary N) is 1. The Labute approximate surface area is 93.0 Å². The molecule has 0 radical (unpaired) electrons. The van der Waals surface area contributed by atoms with E-state index >= 15 is 0 Å². The minimum atomic E-state index is -0.324. The zero-order valence-corrected chi connectivity index (χ0v) is 9.28. The lowest BCUT2D eigenvalue weighted by Gasteiger charge is -2.15. The monoisotopic (exact) mass is 225 g/mol. The molecule has 0 saturated carbocycles. The predicted octanol–water partition coefficient (Wildman–Crippen LogP) is -0.800. The lowest BCUT2D eigenvalue weighted by atomic mass is 10.3. The largest absolute Gasteiger partial charge is 0.382 e. The van der Waals surface area contributed by atoms with Crippen molar-refractivity contribution < 1.29 is 9.59 Å². The Morgan fingerprint density at radius 2 is 2.31 bits per heavy atom. The Bertz CT molecular complexity index is 387. The summed E-state index contributed by atoms with van der Waals surface area (Å²) in [6.45, 7) is 2.36. The molecular weight excluding hydrogens is 210 g/mol. The molecule has 0 bridgehead atoms. The van der Waals surface area contributed by atoms with Crippen molar-refractivity contribution in [3.8, 4) is 0 Å². The molecular formula is C9H15N5O2. The molecule has 0 aliphatic heterocycles. The van der Waals surface area contributed by atoms with Gasteiger partial charge in [0.15, 0.2) is 0 Å². The Hall–Kier alpha value is -2.05. The van der Waals surface area contributed by atoms with Gasteiger partial charge in [0.05, 0.1) is 6.54 Å². The van der Waals surface area contributed by atoms with E-state index in [4.69, 9.17) is 5.73 Å². The number of nitrogen functional groups attached to an aromatic ring is 1. The summed E-state index contributed by atoms with van der Waals surface area (Å²) in [4.78, 5) is 24.2. The van der Waals surface area contributed by atoms with Crippen LogP contribution in [0.4, 0.5) is 5.82 Å². The fourth-order valence-corrected chi connectivity index (χ4v) is 1.19. The number of rotatable bonds is 4. The fraction of sp³-hybridized carbons (Fsp3) is 0.444. The van der Waals surface area contributed by atoms with Crippen LogP contribution in [0.5, 0.6) is 0 Å². The Morgan fingerprint density at radius 1 is 1.62 bits per heavy atom. The van der Waals surface area contributed by atoms with Crippen LogP contribution in [0.1, 0.15) is 17.4 Å². The summed E-state index contributed by atoms with van der Waals surface area (Å²) in [6.07, 6.45) is 0. The van der Waals surface area contributed by atoms with Crippen LogP contribution in [0.2, 0.25) is 0 Å². The van der Waals surface area contributed by atoms with Crippen molar-refractivity contribution in [3.05, 3.63) is 11.8 Å². The number of carbonyl (C=O) groups excluding carboxylic acids is 2. The number of aromatic amines is 1. The van der Waals surface area contributed by atoms with E-state index < -0.39 is 0 Å². The first-order valence-electron chi connectivity index (χ1n) is 4.87. The molecule has 0 aliphatic rings. The quantitative estimate of drug-likeness (QED) is 0.624. The second-order valence-electron chi connectivity index (χ2n) is 3.32. The summed E-state index contributed by atoms with van der Waals surface area (Å²) in [6, 6.07) is 1.43. The van der Waals surface area contributed by atoms with Crippen LogP contribution in [0.15, 0.2) is 6.07 Å². The first-order valence-corrected chi connectivity index (χ1v) is 4.87. The molecule has 0 fully saturated rings. The van der Waals surface area contributed by atoms with Crippen molar-refractivity contribution in [2.45, 2.75) is 6.92 Å². The van der Waals surface area contributed by atoms with Crippen LogP contribution in [0, 0.1) is 0 Å². The van der Waals surface area contributed by atoms with Crippen LogP contribution < -0.4 is 11.1 Å². The van der Waals surface area contributed by atoms with Gasteiger partial charge in [-0.15, -0.1) is 0 Å². The highest BCUT2D eigenvalue weighted by Gasteiger charge is 2.16. The average Bonchev–Trinajstić information content (AvgIpc) is 2.64. The van der Waals surface area contributed by atoms with Gasteiger partial charge >= 0.3 is 0 Å². The van der Waals surface area contributed by atoms with Gasteiger partial charge in [-0.25, -0.2) is 0 Å². The molecule has 7 nitrogen and oxygen atoms in total. The highest BCUT2D eigenvalue weighted by atomic mass is 16.2. The molecule has 1 aromatic heterocycles. The summed E-state index contributed by atoms with van der Waals surface area (Å²) in [7, 11) is 1.54. The standard InChI is InChI=1S/C9H15N5O2/c1-3-11-8(15)5-14(2)9(16)6-4-7(10)13-12-6/h4H,3,5H2,1-2H3,(H,11,15)(H3,10,12,13). The SMILES string of the molecule is CCNC(=O)CN(C)C(=O)c1cc(N)n[nH]1. The first kappa shape index (κ1) is 12.0. The van der Waals surface area contributed by atoms with E-state index in [1.54, 1.807) is 0 Å². The molecule has 0 aromatic carbocycles. The Balaban J connectivity index is 2.57. The number of carbonyl (C=O) groups is 2. The second kappa shape index (κ2) is 5.15. The number of aromatic nitrogens is 2. The maximum Gasteiger partial charge on any atom is 0.272 e. The van der Waals surface area contributed by atoms with E-state index in [2.05, 4.69) is 15.5 Å². The summed E-state index contributed by atoms with van der Waals surface area (Å²) in [5.74, 6) is -0.281. The lowest BCUT2D eigenvalue weighted by molar-refractivity contribution is -0.121. The normalized spacial score (nSPS) is 9.88. The smallest absolute Gasteiger partial charge is 0.272 e. The van der Waals surface area contributed by atoms with E-state index in [1.165, 1.54) is 18.0 Å². The molecule has 0 spiro atoms. The third-order valence-corrected chi connectivity index (χ3v) is 1.93. The summed E-state index contributed by atoms with van der Waals surface area (Å²) < 4.78 is 0. The third kappa shape index (κ3) is 2.97. The Morgan fingerprint density at radius 3 is 2.81 bits per heavy atom. The highest BCUT2D eigenvalue weighted by Crippen LogP contribution is 2.03. The predicted molar refractivity (Wildman–Crippen MR) is 58.6 cm³/mol. The van der Waals surface area contributed by atoms with E-state index in [-0.39, 0.29) is 29.9 Å². The number of hydrogen-bond donors (Lipinski definition) is 3. The molecule has 1 rings (SSSR count). The molecule has 0 aliphatic carbocycles. The molecule has 0 saturated heterocycles. The van der Waals surface area contributed by atoms with Crippen molar-refractivity contribution in [2.75, 3.05) is 25.9 Å². The molecule has 88 valence electrons. The zero-order chi connectivity index (χ0) is 12.1. The van der Waals surface area contributed by atoms with Gasteiger partial charge in [0.1, 0.15) is 11.5 Å². The molecule has 4 N–H and O–H groups in total. The van der Waals surface area contributed by atoms with Crippen LogP contribution in [-0.4, -0.2) is 47.0 Å². The van der Waals surface area contributed by atoms with Gasteiger partial charge in [-0.2, -0.15) is 5.10 Å². The highest BCUT2D eigenvalue weighted by molar-refractivity contribution is 5.95. The number of nitrogens with one attached hydrogen (secondary N) is 2. The zero-order valence-electron chi connectivity index (χ0n) is 9.28. The first-order chi connectivity index (χ1) is 7.54. The number of anilines is 1. The number of H-pyrrole nitrogens is 1. The number of hydrogen-bond acceptors (Lipinski definition) is 4. The Kier molecular flexibility index (Phi) is 3.87. The molecule has 1 heterocycles. The van der Waals surface area contributed by atoms with Crippen molar-refractivity contribution in [2.24, 2.45) is 0 Å². The minimum Gasteiger partial charge on any atom is -0.382 e.